The van der Waals surface area contributed by atoms with E-state index in [9.17, 15) is 4.79 Å². The van der Waals surface area contributed by atoms with Gasteiger partial charge in [-0.1, -0.05) is 11.6 Å². The molecule has 2 aromatic rings. The number of hydrogen-bond acceptors (Lipinski definition) is 2. The van der Waals surface area contributed by atoms with Gasteiger partial charge in [0.05, 0.1) is 16.9 Å². The fourth-order valence-electron chi connectivity index (χ4n) is 1.52. The lowest BCUT2D eigenvalue weighted by molar-refractivity contribution is 0.102. The van der Waals surface area contributed by atoms with Gasteiger partial charge in [0.2, 0.25) is 0 Å². The summed E-state index contributed by atoms with van der Waals surface area (Å²) >= 11 is 12.5. The van der Waals surface area contributed by atoms with Crippen LogP contribution in [0.1, 0.15) is 16.1 Å². The zero-order chi connectivity index (χ0) is 14.0. The molecule has 19 heavy (non-hydrogen) atoms. The number of nitrogens with zero attached hydrogens (tertiary/aromatic N) is 1. The Labute approximate surface area is 132 Å². The van der Waals surface area contributed by atoms with Gasteiger partial charge in [-0.3, -0.25) is 4.79 Å². The lowest BCUT2D eigenvalue weighted by atomic mass is 10.2. The van der Waals surface area contributed by atoms with E-state index in [1.54, 1.807) is 30.3 Å². The standard InChI is InChI=1S/C13H9Br2ClN2O/c1-7-11(4-5-12(15)17-7)18-13(19)9-6-8(16)2-3-10(9)14/h2-6H,1H3,(H,18,19). The lowest BCUT2D eigenvalue weighted by Gasteiger charge is -2.09. The molecular weight excluding hydrogens is 395 g/mol. The smallest absolute Gasteiger partial charge is 0.256 e. The molecule has 1 aromatic carbocycles. The highest BCUT2D eigenvalue weighted by atomic mass is 79.9. The van der Waals surface area contributed by atoms with Crippen molar-refractivity contribution in [3.05, 3.63) is 55.7 Å². The Hall–Kier alpha value is -0.910. The van der Waals surface area contributed by atoms with Gasteiger partial charge in [0.1, 0.15) is 4.60 Å². The summed E-state index contributed by atoms with van der Waals surface area (Å²) in [7, 11) is 0. The molecule has 0 aliphatic heterocycles. The Morgan fingerprint density at radius 3 is 2.68 bits per heavy atom. The maximum absolute atomic E-state index is 12.2. The Balaban J connectivity index is 2.28. The summed E-state index contributed by atoms with van der Waals surface area (Å²) in [6, 6.07) is 8.64. The summed E-state index contributed by atoms with van der Waals surface area (Å²) in [5.74, 6) is -0.235. The van der Waals surface area contributed by atoms with Crippen LogP contribution >= 0.6 is 43.5 Å². The van der Waals surface area contributed by atoms with Crippen LogP contribution in [-0.4, -0.2) is 10.9 Å². The maximum atomic E-state index is 12.2. The molecule has 0 radical (unpaired) electrons. The average Bonchev–Trinajstić information content (AvgIpc) is 2.35. The minimum atomic E-state index is -0.235. The molecule has 1 aromatic heterocycles. The molecule has 98 valence electrons. The van der Waals surface area contributed by atoms with Crippen molar-refractivity contribution in [3.63, 3.8) is 0 Å². The summed E-state index contributed by atoms with van der Waals surface area (Å²) in [6.07, 6.45) is 0. The van der Waals surface area contributed by atoms with Gasteiger partial charge in [-0.2, -0.15) is 0 Å². The molecule has 0 saturated heterocycles. The predicted molar refractivity (Wildman–Crippen MR) is 83.8 cm³/mol. The van der Waals surface area contributed by atoms with Crippen LogP contribution in [-0.2, 0) is 0 Å². The number of carbonyl (C=O) groups is 1. The Kier molecular flexibility index (Phi) is 4.60. The Morgan fingerprint density at radius 2 is 2.00 bits per heavy atom. The summed E-state index contributed by atoms with van der Waals surface area (Å²) in [4.78, 5) is 16.4. The highest BCUT2D eigenvalue weighted by Gasteiger charge is 2.12. The number of nitrogens with one attached hydrogen (secondary N) is 1. The number of amides is 1. The third-order valence-corrected chi connectivity index (χ3v) is 3.84. The first-order chi connectivity index (χ1) is 8.97. The summed E-state index contributed by atoms with van der Waals surface area (Å²) in [6.45, 7) is 1.83. The fraction of sp³-hybridized carbons (Fsp3) is 0.0769. The van der Waals surface area contributed by atoms with Crippen molar-refractivity contribution in [2.45, 2.75) is 6.92 Å². The van der Waals surface area contributed by atoms with E-state index in [1.165, 1.54) is 0 Å². The molecule has 0 aliphatic carbocycles. The summed E-state index contributed by atoms with van der Waals surface area (Å²) < 4.78 is 1.42. The van der Waals surface area contributed by atoms with E-state index in [0.717, 1.165) is 10.3 Å². The van der Waals surface area contributed by atoms with Crippen LogP contribution in [0.25, 0.3) is 0 Å². The molecule has 0 saturated carbocycles. The third-order valence-electron chi connectivity index (χ3n) is 2.47. The molecule has 0 spiro atoms. The molecule has 0 aliphatic rings. The lowest BCUT2D eigenvalue weighted by Crippen LogP contribution is -2.13. The molecule has 0 unspecified atom stereocenters. The number of anilines is 1. The molecule has 1 N–H and O–H groups in total. The van der Waals surface area contributed by atoms with Crippen LogP contribution < -0.4 is 5.32 Å². The first-order valence-electron chi connectivity index (χ1n) is 5.37. The van der Waals surface area contributed by atoms with Gasteiger partial charge in [-0.25, -0.2) is 4.98 Å². The number of pyridine rings is 1. The van der Waals surface area contributed by atoms with Crippen LogP contribution in [0, 0.1) is 6.92 Å². The second kappa shape index (κ2) is 6.03. The van der Waals surface area contributed by atoms with Gasteiger partial charge >= 0.3 is 0 Å². The molecule has 0 fully saturated rings. The number of halogens is 3. The van der Waals surface area contributed by atoms with Gasteiger partial charge in [-0.15, -0.1) is 0 Å². The molecule has 0 bridgehead atoms. The first kappa shape index (κ1) is 14.5. The third kappa shape index (κ3) is 3.55. The van der Waals surface area contributed by atoms with E-state index in [0.29, 0.717) is 20.7 Å². The number of aromatic nitrogens is 1. The Bertz CT molecular complexity index is 647. The molecule has 1 amide bonds. The van der Waals surface area contributed by atoms with Crippen LogP contribution in [0.2, 0.25) is 5.02 Å². The number of aryl methyl sites for hydroxylation is 1. The van der Waals surface area contributed by atoms with Crippen molar-refractivity contribution >= 4 is 55.1 Å². The zero-order valence-corrected chi connectivity index (χ0v) is 13.8. The van der Waals surface area contributed by atoms with E-state index in [4.69, 9.17) is 11.6 Å². The first-order valence-corrected chi connectivity index (χ1v) is 7.33. The van der Waals surface area contributed by atoms with Crippen molar-refractivity contribution in [3.8, 4) is 0 Å². The number of rotatable bonds is 2. The fourth-order valence-corrected chi connectivity index (χ4v) is 2.52. The van der Waals surface area contributed by atoms with Gasteiger partial charge in [0, 0.05) is 9.50 Å². The largest absolute Gasteiger partial charge is 0.320 e. The van der Waals surface area contributed by atoms with Gasteiger partial charge in [0.25, 0.3) is 5.91 Å². The van der Waals surface area contributed by atoms with Crippen LogP contribution in [0.15, 0.2) is 39.4 Å². The number of hydrogen-bond donors (Lipinski definition) is 1. The summed E-state index contributed by atoms with van der Waals surface area (Å²) in [5, 5.41) is 3.32. The Morgan fingerprint density at radius 1 is 1.26 bits per heavy atom. The molecule has 1 heterocycles. The molecule has 2 rings (SSSR count). The van der Waals surface area contributed by atoms with E-state index in [1.807, 2.05) is 6.92 Å². The van der Waals surface area contributed by atoms with Crippen molar-refractivity contribution < 1.29 is 4.79 Å². The van der Waals surface area contributed by atoms with Crippen molar-refractivity contribution in [2.75, 3.05) is 5.32 Å². The van der Waals surface area contributed by atoms with E-state index >= 15 is 0 Å². The number of benzene rings is 1. The number of carbonyl (C=O) groups excluding carboxylic acids is 1. The van der Waals surface area contributed by atoms with Crippen molar-refractivity contribution in [2.24, 2.45) is 0 Å². The predicted octanol–water partition coefficient (Wildman–Crippen LogP) is 4.82. The van der Waals surface area contributed by atoms with Crippen molar-refractivity contribution in [1.82, 2.24) is 4.98 Å². The van der Waals surface area contributed by atoms with Crippen LogP contribution in [0.4, 0.5) is 5.69 Å². The minimum absolute atomic E-state index is 0.235. The van der Waals surface area contributed by atoms with Gasteiger partial charge < -0.3 is 5.32 Å². The van der Waals surface area contributed by atoms with Crippen LogP contribution in [0.5, 0.6) is 0 Å². The molecule has 0 atom stereocenters. The molecule has 6 heteroatoms. The van der Waals surface area contributed by atoms with E-state index in [-0.39, 0.29) is 5.91 Å². The quantitative estimate of drug-likeness (QED) is 0.729. The monoisotopic (exact) mass is 402 g/mol. The SMILES string of the molecule is Cc1nc(Br)ccc1NC(=O)c1cc(Cl)ccc1Br. The van der Waals surface area contributed by atoms with Gasteiger partial charge in [0.15, 0.2) is 0 Å². The second-order valence-electron chi connectivity index (χ2n) is 3.85. The van der Waals surface area contributed by atoms with Crippen molar-refractivity contribution in [1.29, 1.82) is 0 Å². The van der Waals surface area contributed by atoms with Crippen LogP contribution in [0.3, 0.4) is 0 Å². The molecular formula is C13H9Br2ClN2O. The van der Waals surface area contributed by atoms with E-state index < -0.39 is 0 Å². The maximum Gasteiger partial charge on any atom is 0.256 e. The highest BCUT2D eigenvalue weighted by molar-refractivity contribution is 9.10. The topological polar surface area (TPSA) is 42.0 Å². The second-order valence-corrected chi connectivity index (χ2v) is 5.95. The molecule has 3 nitrogen and oxygen atoms in total. The highest BCUT2D eigenvalue weighted by Crippen LogP contribution is 2.23. The van der Waals surface area contributed by atoms with Gasteiger partial charge in [-0.05, 0) is 69.1 Å². The minimum Gasteiger partial charge on any atom is -0.320 e. The average molecular weight is 404 g/mol. The van der Waals surface area contributed by atoms with E-state index in [2.05, 4.69) is 42.2 Å². The summed E-state index contributed by atoms with van der Waals surface area (Å²) in [5.41, 5.74) is 1.88. The normalized spacial score (nSPS) is 10.3. The zero-order valence-electron chi connectivity index (χ0n) is 9.88.